The molecule has 0 N–H and O–H groups in total. The van der Waals surface area contributed by atoms with Crippen molar-refractivity contribution in [2.45, 2.75) is 19.8 Å². The molecule has 1 unspecified atom stereocenters. The van der Waals surface area contributed by atoms with Crippen molar-refractivity contribution >= 4 is 0 Å². The Labute approximate surface area is 84.0 Å². The lowest BCUT2D eigenvalue weighted by atomic mass is 9.98. The molecule has 0 fully saturated rings. The van der Waals surface area contributed by atoms with E-state index in [4.69, 9.17) is 0 Å². The maximum absolute atomic E-state index is 2.31. The van der Waals surface area contributed by atoms with Crippen LogP contribution >= 0.6 is 0 Å². The van der Waals surface area contributed by atoms with Gasteiger partial charge in [0.25, 0.3) is 0 Å². The molecule has 1 aromatic carbocycles. The molecule has 1 aromatic heterocycles. The summed E-state index contributed by atoms with van der Waals surface area (Å²) in [5.74, 6) is 0.543. The highest BCUT2D eigenvalue weighted by atomic mass is 15.0. The van der Waals surface area contributed by atoms with Gasteiger partial charge in [0.05, 0.1) is 0 Å². The van der Waals surface area contributed by atoms with E-state index in [9.17, 15) is 0 Å². The molecule has 3 rings (SSSR count). The second-order valence-corrected chi connectivity index (χ2v) is 4.03. The van der Waals surface area contributed by atoms with E-state index in [1.807, 2.05) is 0 Å². The summed E-state index contributed by atoms with van der Waals surface area (Å²) in [7, 11) is 0. The Balaban J connectivity index is 2.36. The molecule has 0 bridgehead atoms. The molecule has 2 heterocycles. The molecule has 0 spiro atoms. The van der Waals surface area contributed by atoms with E-state index in [0.29, 0.717) is 5.92 Å². The molecule has 0 radical (unpaired) electrons. The van der Waals surface area contributed by atoms with Crippen LogP contribution in [0.25, 0.3) is 5.69 Å². The normalized spacial score (nSPS) is 18.0. The zero-order valence-corrected chi connectivity index (χ0v) is 8.49. The molecule has 0 saturated carbocycles. The lowest BCUT2D eigenvalue weighted by Gasteiger charge is -2.04. The van der Waals surface area contributed by atoms with Crippen LogP contribution in [0.2, 0.25) is 0 Å². The van der Waals surface area contributed by atoms with Gasteiger partial charge in [0.2, 0.25) is 0 Å². The Kier molecular flexibility index (Phi) is 1.41. The fourth-order valence-electron chi connectivity index (χ4n) is 2.52. The molecule has 14 heavy (non-hydrogen) atoms. The van der Waals surface area contributed by atoms with Gasteiger partial charge in [0.15, 0.2) is 0 Å². The number of hydrogen-bond donors (Lipinski definition) is 0. The van der Waals surface area contributed by atoms with E-state index >= 15 is 0 Å². The average Bonchev–Trinajstić information content (AvgIpc) is 2.70. The fraction of sp³-hybridized carbons (Fsp3) is 0.231. The van der Waals surface area contributed by atoms with Gasteiger partial charge in [0, 0.05) is 23.5 Å². The minimum atomic E-state index is 0.543. The summed E-state index contributed by atoms with van der Waals surface area (Å²) in [5.41, 5.74) is 5.65. The first-order valence-corrected chi connectivity index (χ1v) is 5.06. The molecule has 1 atom stereocenters. The third-order valence-electron chi connectivity index (χ3n) is 3.21. The maximum Gasteiger partial charge on any atom is 0.0491 e. The van der Waals surface area contributed by atoms with Crippen molar-refractivity contribution < 1.29 is 0 Å². The summed E-state index contributed by atoms with van der Waals surface area (Å²) >= 11 is 0. The SMILES string of the molecule is Cc1ccn2c1C(C)c1ccccc1-2. The second kappa shape index (κ2) is 2.50. The van der Waals surface area contributed by atoms with E-state index in [1.54, 1.807) is 0 Å². The van der Waals surface area contributed by atoms with Crippen molar-refractivity contribution in [1.29, 1.82) is 0 Å². The third-order valence-corrected chi connectivity index (χ3v) is 3.21. The largest absolute Gasteiger partial charge is 0.320 e. The quantitative estimate of drug-likeness (QED) is 0.591. The van der Waals surface area contributed by atoms with Gasteiger partial charge in [-0.2, -0.15) is 0 Å². The van der Waals surface area contributed by atoms with Crippen LogP contribution in [0, 0.1) is 6.92 Å². The summed E-state index contributed by atoms with van der Waals surface area (Å²) in [6, 6.07) is 10.9. The monoisotopic (exact) mass is 183 g/mol. The van der Waals surface area contributed by atoms with Crippen LogP contribution in [0.1, 0.15) is 29.7 Å². The summed E-state index contributed by atoms with van der Waals surface area (Å²) in [4.78, 5) is 0. The Bertz CT molecular complexity index is 494. The number of benzene rings is 1. The van der Waals surface area contributed by atoms with E-state index in [1.165, 1.54) is 22.5 Å². The van der Waals surface area contributed by atoms with E-state index in [0.717, 1.165) is 0 Å². The van der Waals surface area contributed by atoms with Crippen molar-refractivity contribution in [1.82, 2.24) is 4.57 Å². The fourth-order valence-corrected chi connectivity index (χ4v) is 2.52. The van der Waals surface area contributed by atoms with E-state index in [2.05, 4.69) is 54.9 Å². The van der Waals surface area contributed by atoms with Crippen molar-refractivity contribution in [2.24, 2.45) is 0 Å². The average molecular weight is 183 g/mol. The van der Waals surface area contributed by atoms with Gasteiger partial charge >= 0.3 is 0 Å². The van der Waals surface area contributed by atoms with Gasteiger partial charge in [-0.25, -0.2) is 0 Å². The van der Waals surface area contributed by atoms with Crippen LogP contribution in [0.15, 0.2) is 36.5 Å². The van der Waals surface area contributed by atoms with Gasteiger partial charge in [-0.05, 0) is 30.2 Å². The molecule has 0 saturated heterocycles. The number of fused-ring (bicyclic) bond motifs is 3. The second-order valence-electron chi connectivity index (χ2n) is 4.03. The molecular weight excluding hydrogens is 170 g/mol. The zero-order valence-electron chi connectivity index (χ0n) is 8.49. The van der Waals surface area contributed by atoms with Crippen molar-refractivity contribution in [3.63, 3.8) is 0 Å². The number of aromatic nitrogens is 1. The predicted molar refractivity (Wildman–Crippen MR) is 58.0 cm³/mol. The standard InChI is InChI=1S/C13H13N/c1-9-7-8-14-12-6-4-3-5-11(12)10(2)13(9)14/h3-8,10H,1-2H3. The maximum atomic E-state index is 2.31. The van der Waals surface area contributed by atoms with Gasteiger partial charge in [-0.3, -0.25) is 0 Å². The highest BCUT2D eigenvalue weighted by molar-refractivity contribution is 5.55. The molecule has 0 amide bonds. The minimum Gasteiger partial charge on any atom is -0.320 e. The Morgan fingerprint density at radius 1 is 1.14 bits per heavy atom. The summed E-state index contributed by atoms with van der Waals surface area (Å²) in [5, 5.41) is 0. The molecule has 1 nitrogen and oxygen atoms in total. The van der Waals surface area contributed by atoms with Crippen molar-refractivity contribution in [3.05, 3.63) is 53.3 Å². The first-order valence-electron chi connectivity index (χ1n) is 5.06. The van der Waals surface area contributed by atoms with Crippen LogP contribution in [-0.2, 0) is 0 Å². The Hall–Kier alpha value is -1.50. The van der Waals surface area contributed by atoms with Gasteiger partial charge in [0.1, 0.15) is 0 Å². The molecule has 1 aliphatic rings. The lowest BCUT2D eigenvalue weighted by molar-refractivity contribution is 0.897. The Morgan fingerprint density at radius 3 is 2.79 bits per heavy atom. The number of hydrogen-bond acceptors (Lipinski definition) is 0. The van der Waals surface area contributed by atoms with Crippen LogP contribution in [0.4, 0.5) is 0 Å². The topological polar surface area (TPSA) is 4.93 Å². The lowest BCUT2D eigenvalue weighted by Crippen LogP contribution is -1.92. The van der Waals surface area contributed by atoms with E-state index < -0.39 is 0 Å². The third kappa shape index (κ3) is 0.796. The van der Waals surface area contributed by atoms with Crippen molar-refractivity contribution in [2.75, 3.05) is 0 Å². The zero-order chi connectivity index (χ0) is 9.71. The molecule has 2 aromatic rings. The molecule has 1 heteroatoms. The molecule has 0 aliphatic carbocycles. The van der Waals surface area contributed by atoms with Crippen LogP contribution in [-0.4, -0.2) is 4.57 Å². The molecular formula is C13H13N. The smallest absolute Gasteiger partial charge is 0.0491 e. The van der Waals surface area contributed by atoms with Gasteiger partial charge < -0.3 is 4.57 Å². The highest BCUT2D eigenvalue weighted by Gasteiger charge is 2.25. The van der Waals surface area contributed by atoms with E-state index in [-0.39, 0.29) is 0 Å². The van der Waals surface area contributed by atoms with Crippen LogP contribution < -0.4 is 0 Å². The minimum absolute atomic E-state index is 0.543. The summed E-state index contributed by atoms with van der Waals surface area (Å²) in [6.45, 7) is 4.47. The number of para-hydroxylation sites is 1. The predicted octanol–water partition coefficient (Wildman–Crippen LogP) is 3.25. The van der Waals surface area contributed by atoms with Crippen LogP contribution in [0.3, 0.4) is 0 Å². The summed E-state index contributed by atoms with van der Waals surface area (Å²) in [6.07, 6.45) is 2.17. The highest BCUT2D eigenvalue weighted by Crippen LogP contribution is 2.39. The van der Waals surface area contributed by atoms with Gasteiger partial charge in [-0.15, -0.1) is 0 Å². The Morgan fingerprint density at radius 2 is 1.93 bits per heavy atom. The van der Waals surface area contributed by atoms with Crippen molar-refractivity contribution in [3.8, 4) is 5.69 Å². The summed E-state index contributed by atoms with van der Waals surface area (Å²) < 4.78 is 2.31. The molecule has 70 valence electrons. The van der Waals surface area contributed by atoms with Crippen LogP contribution in [0.5, 0.6) is 0 Å². The first kappa shape index (κ1) is 7.86. The van der Waals surface area contributed by atoms with Gasteiger partial charge in [-0.1, -0.05) is 25.1 Å². The number of nitrogens with zero attached hydrogens (tertiary/aromatic N) is 1. The molecule has 1 aliphatic heterocycles. The number of rotatable bonds is 0. The number of aryl methyl sites for hydroxylation is 1. The first-order chi connectivity index (χ1) is 6.79.